The summed E-state index contributed by atoms with van der Waals surface area (Å²) < 4.78 is 10.5. The molecule has 1 aliphatic rings. The Bertz CT molecular complexity index is 214. The minimum absolute atomic E-state index is 0.392. The molecular formula is C15H31NO3. The van der Waals surface area contributed by atoms with E-state index in [9.17, 15) is 5.11 Å². The Hall–Kier alpha value is -0.160. The lowest BCUT2D eigenvalue weighted by Crippen LogP contribution is -2.37. The molecule has 0 aromatic rings. The molecule has 0 amide bonds. The van der Waals surface area contributed by atoms with Crippen LogP contribution in [0.25, 0.3) is 0 Å². The lowest BCUT2D eigenvalue weighted by Gasteiger charge is -2.19. The summed E-state index contributed by atoms with van der Waals surface area (Å²) in [5, 5.41) is 13.3. The van der Waals surface area contributed by atoms with Gasteiger partial charge in [-0.3, -0.25) is 0 Å². The predicted molar refractivity (Wildman–Crippen MR) is 77.4 cm³/mol. The van der Waals surface area contributed by atoms with Crippen molar-refractivity contribution >= 4 is 0 Å². The normalized spacial score (nSPS) is 26.1. The highest BCUT2D eigenvalue weighted by atomic mass is 16.5. The van der Waals surface area contributed by atoms with Crippen LogP contribution in [0.15, 0.2) is 0 Å². The van der Waals surface area contributed by atoms with Crippen LogP contribution in [0.5, 0.6) is 0 Å². The Morgan fingerprint density at radius 1 is 1.16 bits per heavy atom. The largest absolute Gasteiger partial charge is 0.389 e. The van der Waals surface area contributed by atoms with Gasteiger partial charge < -0.3 is 19.9 Å². The van der Waals surface area contributed by atoms with Crippen molar-refractivity contribution in [2.45, 2.75) is 58.1 Å². The Balaban J connectivity index is 2.00. The van der Waals surface area contributed by atoms with Gasteiger partial charge in [0.2, 0.25) is 0 Å². The monoisotopic (exact) mass is 273 g/mol. The van der Waals surface area contributed by atoms with Gasteiger partial charge in [-0.2, -0.15) is 0 Å². The highest BCUT2D eigenvalue weighted by molar-refractivity contribution is 4.74. The molecule has 1 rings (SSSR count). The van der Waals surface area contributed by atoms with E-state index in [4.69, 9.17) is 9.47 Å². The summed E-state index contributed by atoms with van der Waals surface area (Å²) in [6, 6.07) is 0.572. The van der Waals surface area contributed by atoms with Crippen LogP contribution >= 0.6 is 0 Å². The molecule has 0 aliphatic heterocycles. The van der Waals surface area contributed by atoms with Gasteiger partial charge in [-0.05, 0) is 32.1 Å². The van der Waals surface area contributed by atoms with Crippen LogP contribution in [0.2, 0.25) is 0 Å². The van der Waals surface area contributed by atoms with Gasteiger partial charge in [0.25, 0.3) is 0 Å². The van der Waals surface area contributed by atoms with Gasteiger partial charge in [-0.15, -0.1) is 0 Å². The molecule has 0 heterocycles. The maximum Gasteiger partial charge on any atom is 0.0897 e. The number of nitrogens with one attached hydrogen (secondary N) is 1. The van der Waals surface area contributed by atoms with Gasteiger partial charge in [0.05, 0.1) is 25.9 Å². The third-order valence-electron chi connectivity index (χ3n) is 3.79. The molecule has 1 saturated carbocycles. The van der Waals surface area contributed by atoms with Crippen molar-refractivity contribution in [2.24, 2.45) is 5.92 Å². The zero-order valence-electron chi connectivity index (χ0n) is 12.6. The first-order chi connectivity index (χ1) is 9.22. The van der Waals surface area contributed by atoms with Gasteiger partial charge in [0.15, 0.2) is 0 Å². The molecule has 0 aromatic heterocycles. The first-order valence-electron chi connectivity index (χ1n) is 7.79. The van der Waals surface area contributed by atoms with Crippen molar-refractivity contribution in [1.29, 1.82) is 0 Å². The summed E-state index contributed by atoms with van der Waals surface area (Å²) in [4.78, 5) is 0. The maximum absolute atomic E-state index is 9.83. The Morgan fingerprint density at radius 2 is 1.95 bits per heavy atom. The molecule has 1 fully saturated rings. The highest BCUT2D eigenvalue weighted by Gasteiger charge is 2.16. The molecule has 4 nitrogen and oxygen atoms in total. The van der Waals surface area contributed by atoms with Crippen LogP contribution in [-0.4, -0.2) is 50.2 Å². The molecule has 19 heavy (non-hydrogen) atoms. The molecule has 0 bridgehead atoms. The summed E-state index contributed by atoms with van der Waals surface area (Å²) in [5.74, 6) is 0.860. The van der Waals surface area contributed by atoms with Gasteiger partial charge in [0, 0.05) is 19.2 Å². The number of hydrogen-bond donors (Lipinski definition) is 2. The van der Waals surface area contributed by atoms with Crippen LogP contribution in [-0.2, 0) is 9.47 Å². The standard InChI is InChI=1S/C15H31NO3/c1-3-18-9-10-19-12-15(17)11-16-14-6-4-5-13(2)7-8-14/h13-17H,3-12H2,1-2H3. The maximum atomic E-state index is 9.83. The van der Waals surface area contributed by atoms with E-state index in [1.807, 2.05) is 6.92 Å². The topological polar surface area (TPSA) is 50.7 Å². The summed E-state index contributed by atoms with van der Waals surface area (Å²) in [6.45, 7) is 7.21. The molecule has 4 heteroatoms. The van der Waals surface area contributed by atoms with Crippen molar-refractivity contribution in [2.75, 3.05) is 33.0 Å². The van der Waals surface area contributed by atoms with Gasteiger partial charge in [-0.25, -0.2) is 0 Å². The van der Waals surface area contributed by atoms with Crippen molar-refractivity contribution in [3.8, 4) is 0 Å². The van der Waals surface area contributed by atoms with E-state index in [1.165, 1.54) is 32.1 Å². The third-order valence-corrected chi connectivity index (χ3v) is 3.79. The first-order valence-corrected chi connectivity index (χ1v) is 7.79. The first kappa shape index (κ1) is 16.9. The lowest BCUT2D eigenvalue weighted by molar-refractivity contribution is 0.00560. The van der Waals surface area contributed by atoms with E-state index < -0.39 is 6.10 Å². The molecule has 0 spiro atoms. The summed E-state index contributed by atoms with van der Waals surface area (Å²) in [5.41, 5.74) is 0. The van der Waals surface area contributed by atoms with Crippen LogP contribution in [0.1, 0.15) is 46.0 Å². The Morgan fingerprint density at radius 3 is 2.74 bits per heavy atom. The smallest absolute Gasteiger partial charge is 0.0897 e. The fraction of sp³-hybridized carbons (Fsp3) is 1.00. The van der Waals surface area contributed by atoms with Gasteiger partial charge >= 0.3 is 0 Å². The fourth-order valence-electron chi connectivity index (χ4n) is 2.53. The molecule has 0 radical (unpaired) electrons. The molecular weight excluding hydrogens is 242 g/mol. The molecule has 1 aliphatic carbocycles. The molecule has 0 saturated heterocycles. The van der Waals surface area contributed by atoms with E-state index in [1.54, 1.807) is 0 Å². The second-order valence-corrected chi connectivity index (χ2v) is 5.64. The van der Waals surface area contributed by atoms with Crippen LogP contribution in [0.4, 0.5) is 0 Å². The van der Waals surface area contributed by atoms with E-state index >= 15 is 0 Å². The van der Waals surface area contributed by atoms with Crippen molar-refractivity contribution in [3.63, 3.8) is 0 Å². The van der Waals surface area contributed by atoms with Crippen LogP contribution < -0.4 is 5.32 Å². The second-order valence-electron chi connectivity index (χ2n) is 5.64. The third kappa shape index (κ3) is 8.58. The zero-order valence-corrected chi connectivity index (χ0v) is 12.6. The van der Waals surface area contributed by atoms with E-state index in [2.05, 4.69) is 12.2 Å². The van der Waals surface area contributed by atoms with Gasteiger partial charge in [0.1, 0.15) is 0 Å². The second kappa shape index (κ2) is 10.6. The number of aliphatic hydroxyl groups excluding tert-OH is 1. The molecule has 114 valence electrons. The summed E-state index contributed by atoms with van der Waals surface area (Å²) >= 11 is 0. The number of rotatable bonds is 9. The molecule has 3 atom stereocenters. The molecule has 2 N–H and O–H groups in total. The number of hydrogen-bond acceptors (Lipinski definition) is 4. The molecule has 3 unspecified atom stereocenters. The number of ether oxygens (including phenoxy) is 2. The van der Waals surface area contributed by atoms with Crippen molar-refractivity contribution in [3.05, 3.63) is 0 Å². The van der Waals surface area contributed by atoms with Gasteiger partial charge in [-0.1, -0.05) is 19.8 Å². The van der Waals surface area contributed by atoms with E-state index in [0.29, 0.717) is 39.0 Å². The highest BCUT2D eigenvalue weighted by Crippen LogP contribution is 2.22. The zero-order chi connectivity index (χ0) is 13.9. The molecule has 0 aromatic carbocycles. The van der Waals surface area contributed by atoms with Crippen molar-refractivity contribution < 1.29 is 14.6 Å². The quantitative estimate of drug-likeness (QED) is 0.498. The Kier molecular flexibility index (Phi) is 9.43. The van der Waals surface area contributed by atoms with E-state index in [-0.39, 0.29) is 0 Å². The average molecular weight is 273 g/mol. The predicted octanol–water partition coefficient (Wildman–Crippen LogP) is 1.96. The van der Waals surface area contributed by atoms with E-state index in [0.717, 1.165) is 5.92 Å². The minimum atomic E-state index is -0.415. The average Bonchev–Trinajstić information content (AvgIpc) is 2.61. The van der Waals surface area contributed by atoms with Crippen LogP contribution in [0.3, 0.4) is 0 Å². The fourth-order valence-corrected chi connectivity index (χ4v) is 2.53. The lowest BCUT2D eigenvalue weighted by atomic mass is 10.0. The minimum Gasteiger partial charge on any atom is -0.389 e. The Labute approximate surface area is 117 Å². The van der Waals surface area contributed by atoms with Crippen LogP contribution in [0, 0.1) is 5.92 Å². The summed E-state index contributed by atoms with van der Waals surface area (Å²) in [6.07, 6.45) is 6.02. The SMILES string of the molecule is CCOCCOCC(O)CNC1CCCC(C)CC1. The summed E-state index contributed by atoms with van der Waals surface area (Å²) in [7, 11) is 0. The van der Waals surface area contributed by atoms with Crippen molar-refractivity contribution in [1.82, 2.24) is 5.32 Å². The number of aliphatic hydroxyl groups is 1.